The minimum absolute atomic E-state index is 0.183. The minimum Gasteiger partial charge on any atom is -0.490 e. The van der Waals surface area contributed by atoms with Crippen molar-refractivity contribution in [3.63, 3.8) is 0 Å². The summed E-state index contributed by atoms with van der Waals surface area (Å²) >= 11 is 0. The fraction of sp³-hybridized carbons (Fsp3) is 0.625. The second-order valence-electron chi connectivity index (χ2n) is 5.25. The maximum Gasteiger partial charge on any atom is 0.122 e. The van der Waals surface area contributed by atoms with Crippen molar-refractivity contribution >= 4 is 0 Å². The Bertz CT molecular complexity index is 354. The third-order valence-corrected chi connectivity index (χ3v) is 4.02. The van der Waals surface area contributed by atoms with Gasteiger partial charge in [0.15, 0.2) is 0 Å². The molecule has 0 saturated heterocycles. The molecule has 0 amide bonds. The third kappa shape index (κ3) is 3.49. The Morgan fingerprint density at radius 2 is 1.89 bits per heavy atom. The average molecular weight is 248 g/mol. The predicted octanol–water partition coefficient (Wildman–Crippen LogP) is 3.57. The van der Waals surface area contributed by atoms with Gasteiger partial charge in [0.1, 0.15) is 5.75 Å². The van der Waals surface area contributed by atoms with Crippen molar-refractivity contribution in [3.8, 4) is 5.75 Å². The highest BCUT2D eigenvalue weighted by atomic mass is 16.5. The van der Waals surface area contributed by atoms with Crippen molar-refractivity contribution < 1.29 is 9.84 Å². The number of hydrogen-bond donors (Lipinski definition) is 1. The zero-order chi connectivity index (χ0) is 12.8. The molecule has 1 aliphatic rings. The number of rotatable bonds is 5. The van der Waals surface area contributed by atoms with Gasteiger partial charge in [-0.25, -0.2) is 0 Å². The highest BCUT2D eigenvalue weighted by Crippen LogP contribution is 2.30. The lowest BCUT2D eigenvalue weighted by Gasteiger charge is -2.29. The summed E-state index contributed by atoms with van der Waals surface area (Å²) in [6.07, 6.45) is 7.28. The molecule has 2 nitrogen and oxygen atoms in total. The van der Waals surface area contributed by atoms with Crippen LogP contribution in [0.15, 0.2) is 24.3 Å². The van der Waals surface area contributed by atoms with E-state index in [-0.39, 0.29) is 6.61 Å². The first-order chi connectivity index (χ1) is 8.83. The molecule has 1 fully saturated rings. The van der Waals surface area contributed by atoms with Crippen molar-refractivity contribution in [2.45, 2.75) is 51.6 Å². The van der Waals surface area contributed by atoms with Gasteiger partial charge in [-0.2, -0.15) is 0 Å². The summed E-state index contributed by atoms with van der Waals surface area (Å²) in [4.78, 5) is 0. The van der Waals surface area contributed by atoms with Crippen LogP contribution in [0.4, 0.5) is 0 Å². The largest absolute Gasteiger partial charge is 0.490 e. The summed E-state index contributed by atoms with van der Waals surface area (Å²) in [5.74, 6) is 1.86. The number of aliphatic hydroxyl groups is 1. The zero-order valence-corrected chi connectivity index (χ0v) is 11.3. The van der Waals surface area contributed by atoms with Gasteiger partial charge in [-0.1, -0.05) is 31.5 Å². The van der Waals surface area contributed by atoms with Crippen LogP contribution in [-0.2, 0) is 6.42 Å². The molecule has 1 saturated carbocycles. The Kier molecular flexibility index (Phi) is 5.06. The van der Waals surface area contributed by atoms with Gasteiger partial charge in [-0.15, -0.1) is 0 Å². The molecule has 0 bridgehead atoms. The van der Waals surface area contributed by atoms with Crippen LogP contribution in [0.5, 0.6) is 5.75 Å². The molecule has 0 heterocycles. The average Bonchev–Trinajstić information content (AvgIpc) is 2.42. The van der Waals surface area contributed by atoms with Crippen LogP contribution >= 0.6 is 0 Å². The van der Waals surface area contributed by atoms with Crippen molar-refractivity contribution in [1.29, 1.82) is 0 Å². The lowest BCUT2D eigenvalue weighted by atomic mass is 9.86. The molecule has 0 spiro atoms. The van der Waals surface area contributed by atoms with Gasteiger partial charge >= 0.3 is 0 Å². The van der Waals surface area contributed by atoms with E-state index < -0.39 is 0 Å². The molecule has 18 heavy (non-hydrogen) atoms. The lowest BCUT2D eigenvalue weighted by Crippen LogP contribution is -2.24. The molecule has 0 atom stereocenters. The lowest BCUT2D eigenvalue weighted by molar-refractivity contribution is 0.128. The first-order valence-corrected chi connectivity index (χ1v) is 7.19. The van der Waals surface area contributed by atoms with Crippen LogP contribution < -0.4 is 4.74 Å². The van der Waals surface area contributed by atoms with Crippen LogP contribution in [0.2, 0.25) is 0 Å². The van der Waals surface area contributed by atoms with Crippen LogP contribution in [0.3, 0.4) is 0 Å². The highest BCUT2D eigenvalue weighted by molar-refractivity contribution is 5.33. The molecule has 1 aromatic carbocycles. The summed E-state index contributed by atoms with van der Waals surface area (Å²) in [5.41, 5.74) is 1.12. The number of ether oxygens (including phenoxy) is 1. The molecule has 0 unspecified atom stereocenters. The topological polar surface area (TPSA) is 29.5 Å². The van der Waals surface area contributed by atoms with Gasteiger partial charge in [-0.3, -0.25) is 0 Å². The van der Waals surface area contributed by atoms with Crippen molar-refractivity contribution in [2.24, 2.45) is 5.92 Å². The fourth-order valence-electron chi connectivity index (χ4n) is 2.78. The molecule has 1 aliphatic carbocycles. The number of benzene rings is 1. The van der Waals surface area contributed by atoms with E-state index in [1.54, 1.807) is 0 Å². The molecule has 1 aromatic rings. The molecule has 100 valence electrons. The van der Waals surface area contributed by atoms with Gasteiger partial charge in [0.2, 0.25) is 0 Å². The summed E-state index contributed by atoms with van der Waals surface area (Å²) in [7, 11) is 0. The second kappa shape index (κ2) is 6.79. The fourth-order valence-corrected chi connectivity index (χ4v) is 2.78. The zero-order valence-electron chi connectivity index (χ0n) is 11.3. The minimum atomic E-state index is 0.183. The SMILES string of the molecule is CCC1CCC(Oc2ccccc2CCO)CC1. The Hall–Kier alpha value is -1.02. The van der Waals surface area contributed by atoms with Crippen LogP contribution in [-0.4, -0.2) is 17.8 Å². The molecule has 2 rings (SSSR count). The van der Waals surface area contributed by atoms with E-state index >= 15 is 0 Å². The first kappa shape index (κ1) is 13.4. The molecule has 0 aliphatic heterocycles. The molecule has 2 heteroatoms. The van der Waals surface area contributed by atoms with Crippen LogP contribution in [0.1, 0.15) is 44.6 Å². The van der Waals surface area contributed by atoms with E-state index in [2.05, 4.69) is 6.92 Å². The summed E-state index contributed by atoms with van der Waals surface area (Å²) in [6.45, 7) is 2.46. The van der Waals surface area contributed by atoms with E-state index in [1.807, 2.05) is 24.3 Å². The Labute approximate surface area is 110 Å². The van der Waals surface area contributed by atoms with E-state index in [0.29, 0.717) is 12.5 Å². The van der Waals surface area contributed by atoms with E-state index in [0.717, 1.165) is 17.2 Å². The maximum absolute atomic E-state index is 9.06. The van der Waals surface area contributed by atoms with Crippen molar-refractivity contribution in [1.82, 2.24) is 0 Å². The highest BCUT2D eigenvalue weighted by Gasteiger charge is 2.21. The number of aliphatic hydroxyl groups excluding tert-OH is 1. The number of para-hydroxylation sites is 1. The molecule has 0 radical (unpaired) electrons. The smallest absolute Gasteiger partial charge is 0.122 e. The van der Waals surface area contributed by atoms with E-state index in [1.165, 1.54) is 32.1 Å². The maximum atomic E-state index is 9.06. The Morgan fingerprint density at radius 3 is 2.56 bits per heavy atom. The van der Waals surface area contributed by atoms with Gasteiger partial charge in [-0.05, 0) is 49.7 Å². The van der Waals surface area contributed by atoms with E-state index in [4.69, 9.17) is 9.84 Å². The van der Waals surface area contributed by atoms with Gasteiger partial charge in [0, 0.05) is 6.61 Å². The Morgan fingerprint density at radius 1 is 1.17 bits per heavy atom. The first-order valence-electron chi connectivity index (χ1n) is 7.19. The normalized spacial score (nSPS) is 23.9. The van der Waals surface area contributed by atoms with Gasteiger partial charge < -0.3 is 9.84 Å². The monoisotopic (exact) mass is 248 g/mol. The van der Waals surface area contributed by atoms with E-state index in [9.17, 15) is 0 Å². The second-order valence-corrected chi connectivity index (χ2v) is 5.25. The van der Waals surface area contributed by atoms with Gasteiger partial charge in [0.25, 0.3) is 0 Å². The summed E-state index contributed by atoms with van der Waals surface area (Å²) in [5, 5.41) is 9.06. The summed E-state index contributed by atoms with van der Waals surface area (Å²) < 4.78 is 6.12. The molecule has 1 N–H and O–H groups in total. The molecular formula is C16H24O2. The summed E-state index contributed by atoms with van der Waals surface area (Å²) in [6, 6.07) is 8.08. The van der Waals surface area contributed by atoms with Crippen LogP contribution in [0.25, 0.3) is 0 Å². The number of hydrogen-bond acceptors (Lipinski definition) is 2. The standard InChI is InChI=1S/C16H24O2/c1-2-13-7-9-15(10-8-13)18-16-6-4-3-5-14(16)11-12-17/h3-6,13,15,17H,2,7-12H2,1H3. The predicted molar refractivity (Wildman–Crippen MR) is 73.9 cm³/mol. The molecular weight excluding hydrogens is 224 g/mol. The van der Waals surface area contributed by atoms with Crippen molar-refractivity contribution in [3.05, 3.63) is 29.8 Å². The quantitative estimate of drug-likeness (QED) is 0.863. The molecule has 0 aromatic heterocycles. The Balaban J connectivity index is 1.93. The van der Waals surface area contributed by atoms with Gasteiger partial charge in [0.05, 0.1) is 6.10 Å². The van der Waals surface area contributed by atoms with Crippen molar-refractivity contribution in [2.75, 3.05) is 6.61 Å². The van der Waals surface area contributed by atoms with Crippen LogP contribution in [0, 0.1) is 5.92 Å². The third-order valence-electron chi connectivity index (χ3n) is 4.02.